The SMILES string of the molecule is Cc1ccc(Br)c(C(=O)N(C)c2ccc(F)cc2)c1. The molecule has 0 saturated carbocycles. The van der Waals surface area contributed by atoms with Crippen molar-refractivity contribution in [3.05, 3.63) is 63.9 Å². The van der Waals surface area contributed by atoms with Crippen molar-refractivity contribution in [1.29, 1.82) is 0 Å². The smallest absolute Gasteiger partial charge is 0.259 e. The average molecular weight is 322 g/mol. The van der Waals surface area contributed by atoms with E-state index in [1.165, 1.54) is 17.0 Å². The van der Waals surface area contributed by atoms with E-state index in [-0.39, 0.29) is 11.7 Å². The molecule has 2 nitrogen and oxygen atoms in total. The summed E-state index contributed by atoms with van der Waals surface area (Å²) in [5.41, 5.74) is 2.26. The van der Waals surface area contributed by atoms with Crippen molar-refractivity contribution in [2.24, 2.45) is 0 Å². The molecule has 1 amide bonds. The van der Waals surface area contributed by atoms with Gasteiger partial charge in [0.15, 0.2) is 0 Å². The van der Waals surface area contributed by atoms with Crippen molar-refractivity contribution in [1.82, 2.24) is 0 Å². The molecule has 2 aromatic carbocycles. The predicted molar refractivity (Wildman–Crippen MR) is 78.0 cm³/mol. The first kappa shape index (κ1) is 13.7. The van der Waals surface area contributed by atoms with Gasteiger partial charge in [0.25, 0.3) is 5.91 Å². The molecule has 0 N–H and O–H groups in total. The van der Waals surface area contributed by atoms with Crippen LogP contribution in [0.2, 0.25) is 0 Å². The number of anilines is 1. The number of carbonyl (C=O) groups is 1. The van der Waals surface area contributed by atoms with E-state index >= 15 is 0 Å². The van der Waals surface area contributed by atoms with Gasteiger partial charge < -0.3 is 4.90 Å². The van der Waals surface area contributed by atoms with E-state index in [9.17, 15) is 9.18 Å². The maximum atomic E-state index is 12.9. The molecule has 2 rings (SSSR count). The van der Waals surface area contributed by atoms with Crippen molar-refractivity contribution in [2.75, 3.05) is 11.9 Å². The van der Waals surface area contributed by atoms with Gasteiger partial charge in [0, 0.05) is 17.2 Å². The highest BCUT2D eigenvalue weighted by atomic mass is 79.9. The zero-order valence-electron chi connectivity index (χ0n) is 10.7. The Morgan fingerprint density at radius 2 is 1.79 bits per heavy atom. The van der Waals surface area contributed by atoms with Crippen molar-refractivity contribution in [3.8, 4) is 0 Å². The molecule has 0 atom stereocenters. The molecule has 0 heterocycles. The summed E-state index contributed by atoms with van der Waals surface area (Å²) in [6, 6.07) is 11.4. The lowest BCUT2D eigenvalue weighted by Crippen LogP contribution is -2.26. The van der Waals surface area contributed by atoms with E-state index in [0.29, 0.717) is 11.3 Å². The lowest BCUT2D eigenvalue weighted by Gasteiger charge is -2.18. The van der Waals surface area contributed by atoms with Crippen LogP contribution in [0.15, 0.2) is 46.9 Å². The fraction of sp³-hybridized carbons (Fsp3) is 0.133. The van der Waals surface area contributed by atoms with Gasteiger partial charge in [-0.1, -0.05) is 11.6 Å². The Morgan fingerprint density at radius 3 is 2.42 bits per heavy atom. The van der Waals surface area contributed by atoms with Crippen LogP contribution in [0.5, 0.6) is 0 Å². The predicted octanol–water partition coefficient (Wildman–Crippen LogP) is 4.17. The van der Waals surface area contributed by atoms with Gasteiger partial charge in [-0.2, -0.15) is 0 Å². The molecule has 0 aromatic heterocycles. The van der Waals surface area contributed by atoms with E-state index in [2.05, 4.69) is 15.9 Å². The van der Waals surface area contributed by atoms with Crippen LogP contribution in [0.3, 0.4) is 0 Å². The maximum absolute atomic E-state index is 12.9. The van der Waals surface area contributed by atoms with Crippen LogP contribution in [0.4, 0.5) is 10.1 Å². The van der Waals surface area contributed by atoms with E-state index in [0.717, 1.165) is 10.0 Å². The second kappa shape index (κ2) is 5.53. The zero-order chi connectivity index (χ0) is 14.0. The average Bonchev–Trinajstić information content (AvgIpc) is 2.41. The number of amides is 1. The first-order valence-corrected chi connectivity index (χ1v) is 6.58. The van der Waals surface area contributed by atoms with Crippen LogP contribution in [0, 0.1) is 12.7 Å². The number of hydrogen-bond donors (Lipinski definition) is 0. The topological polar surface area (TPSA) is 20.3 Å². The molecule has 0 saturated heterocycles. The molecule has 0 aliphatic carbocycles. The van der Waals surface area contributed by atoms with Gasteiger partial charge in [-0.15, -0.1) is 0 Å². The Kier molecular flexibility index (Phi) is 4.00. The monoisotopic (exact) mass is 321 g/mol. The molecular weight excluding hydrogens is 309 g/mol. The van der Waals surface area contributed by atoms with Crippen LogP contribution in [-0.4, -0.2) is 13.0 Å². The third kappa shape index (κ3) is 3.01. The molecule has 0 spiro atoms. The molecule has 4 heteroatoms. The Morgan fingerprint density at radius 1 is 1.16 bits per heavy atom. The van der Waals surface area contributed by atoms with Crippen LogP contribution in [-0.2, 0) is 0 Å². The summed E-state index contributed by atoms with van der Waals surface area (Å²) < 4.78 is 13.6. The van der Waals surface area contributed by atoms with Crippen LogP contribution in [0.25, 0.3) is 0 Å². The fourth-order valence-electron chi connectivity index (χ4n) is 1.77. The minimum atomic E-state index is -0.318. The second-order valence-corrected chi connectivity index (χ2v) is 5.18. The van der Waals surface area contributed by atoms with Crippen LogP contribution >= 0.6 is 15.9 Å². The standard InChI is InChI=1S/C15H13BrFNO/c1-10-3-8-14(16)13(9-10)15(19)18(2)12-6-4-11(17)5-7-12/h3-9H,1-2H3. The van der Waals surface area contributed by atoms with Crippen LogP contribution < -0.4 is 4.90 Å². The Labute approximate surface area is 120 Å². The van der Waals surface area contributed by atoms with Gasteiger partial charge in [0.05, 0.1) is 5.56 Å². The minimum Gasteiger partial charge on any atom is -0.311 e. The summed E-state index contributed by atoms with van der Waals surface area (Å²) in [5, 5.41) is 0. The summed E-state index contributed by atoms with van der Waals surface area (Å²) in [6.45, 7) is 1.93. The Hall–Kier alpha value is -1.68. The summed E-state index contributed by atoms with van der Waals surface area (Å²) in [6.07, 6.45) is 0. The first-order valence-electron chi connectivity index (χ1n) is 5.79. The van der Waals surface area contributed by atoms with Crippen molar-refractivity contribution in [2.45, 2.75) is 6.92 Å². The third-order valence-electron chi connectivity index (χ3n) is 2.87. The van der Waals surface area contributed by atoms with Gasteiger partial charge in [-0.25, -0.2) is 4.39 Å². The number of benzene rings is 2. The van der Waals surface area contributed by atoms with E-state index < -0.39 is 0 Å². The number of carbonyl (C=O) groups excluding carboxylic acids is 1. The molecule has 0 bridgehead atoms. The van der Waals surface area contributed by atoms with Crippen molar-refractivity contribution >= 4 is 27.5 Å². The molecule has 98 valence electrons. The quantitative estimate of drug-likeness (QED) is 0.812. The van der Waals surface area contributed by atoms with E-state index in [4.69, 9.17) is 0 Å². The van der Waals surface area contributed by atoms with Crippen molar-refractivity contribution < 1.29 is 9.18 Å². The molecule has 0 unspecified atom stereocenters. The zero-order valence-corrected chi connectivity index (χ0v) is 12.2. The molecular formula is C15H13BrFNO. The maximum Gasteiger partial charge on any atom is 0.259 e. The highest BCUT2D eigenvalue weighted by Gasteiger charge is 2.16. The van der Waals surface area contributed by atoms with Gasteiger partial charge in [0.2, 0.25) is 0 Å². The molecule has 2 aromatic rings. The van der Waals surface area contributed by atoms with Crippen LogP contribution in [0.1, 0.15) is 15.9 Å². The first-order chi connectivity index (χ1) is 8.99. The summed E-state index contributed by atoms with van der Waals surface area (Å²) in [4.78, 5) is 13.9. The Balaban J connectivity index is 2.33. The largest absolute Gasteiger partial charge is 0.311 e. The molecule has 0 fully saturated rings. The van der Waals surface area contributed by atoms with Gasteiger partial charge in [-0.05, 0) is 59.3 Å². The number of hydrogen-bond acceptors (Lipinski definition) is 1. The molecule has 0 aliphatic rings. The second-order valence-electron chi connectivity index (χ2n) is 4.32. The molecule has 0 radical (unpaired) electrons. The highest BCUT2D eigenvalue weighted by Crippen LogP contribution is 2.22. The number of nitrogens with zero attached hydrogens (tertiary/aromatic N) is 1. The van der Waals surface area contributed by atoms with Gasteiger partial charge in [-0.3, -0.25) is 4.79 Å². The third-order valence-corrected chi connectivity index (χ3v) is 3.56. The van der Waals surface area contributed by atoms with E-state index in [1.807, 2.05) is 25.1 Å². The number of halogens is 2. The summed E-state index contributed by atoms with van der Waals surface area (Å²) >= 11 is 3.38. The van der Waals surface area contributed by atoms with Gasteiger partial charge in [0.1, 0.15) is 5.82 Å². The summed E-state index contributed by atoms with van der Waals surface area (Å²) in [7, 11) is 1.67. The lowest BCUT2D eigenvalue weighted by atomic mass is 10.1. The lowest BCUT2D eigenvalue weighted by molar-refractivity contribution is 0.0992. The van der Waals surface area contributed by atoms with Gasteiger partial charge >= 0.3 is 0 Å². The molecule has 0 aliphatic heterocycles. The fourth-order valence-corrected chi connectivity index (χ4v) is 2.18. The number of aryl methyl sites for hydroxylation is 1. The minimum absolute atomic E-state index is 0.137. The van der Waals surface area contributed by atoms with Crippen molar-refractivity contribution in [3.63, 3.8) is 0 Å². The normalized spacial score (nSPS) is 10.3. The highest BCUT2D eigenvalue weighted by molar-refractivity contribution is 9.10. The Bertz CT molecular complexity index is 610. The summed E-state index contributed by atoms with van der Waals surface area (Å²) in [5.74, 6) is -0.455. The number of rotatable bonds is 2. The molecule has 19 heavy (non-hydrogen) atoms. The van der Waals surface area contributed by atoms with E-state index in [1.54, 1.807) is 19.2 Å².